The largest absolute Gasteiger partial charge is 0.480 e. The molecule has 8 nitrogen and oxygen atoms in total. The van der Waals surface area contributed by atoms with Crippen molar-refractivity contribution in [2.45, 2.75) is 123 Å². The minimum atomic E-state index is -1.07. The van der Waals surface area contributed by atoms with Gasteiger partial charge in [-0.15, -0.1) is 0 Å². The molecule has 2 amide bonds. The Labute approximate surface area is 205 Å². The Hall–Kier alpha value is -2.38. The summed E-state index contributed by atoms with van der Waals surface area (Å²) in [5.74, 6) is -1.64. The lowest BCUT2D eigenvalue weighted by molar-refractivity contribution is -0.142. The van der Waals surface area contributed by atoms with E-state index < -0.39 is 24.0 Å². The van der Waals surface area contributed by atoms with Crippen LogP contribution in [0.5, 0.6) is 0 Å². The smallest absolute Gasteiger partial charge is 0.326 e. The van der Waals surface area contributed by atoms with Crippen LogP contribution in [0.1, 0.15) is 110 Å². The summed E-state index contributed by atoms with van der Waals surface area (Å²) in [7, 11) is 0. The van der Waals surface area contributed by atoms with Crippen molar-refractivity contribution in [3.05, 3.63) is 18.2 Å². The summed E-state index contributed by atoms with van der Waals surface area (Å²) in [6.07, 6.45) is 17.3. The molecule has 4 N–H and O–H groups in total. The molecule has 0 aliphatic rings. The Morgan fingerprint density at radius 1 is 0.912 bits per heavy atom. The first kappa shape index (κ1) is 29.7. The van der Waals surface area contributed by atoms with E-state index in [4.69, 9.17) is 0 Å². The molecule has 0 unspecified atom stereocenters. The number of carboxylic acid groups (broad SMARTS) is 1. The summed E-state index contributed by atoms with van der Waals surface area (Å²) < 4.78 is 0. The summed E-state index contributed by atoms with van der Waals surface area (Å²) in [5.41, 5.74) is 0.700. The molecule has 1 aromatic rings. The summed E-state index contributed by atoms with van der Waals surface area (Å²) in [6.45, 7) is 6.04. The molecule has 0 saturated carbocycles. The van der Waals surface area contributed by atoms with Crippen LogP contribution >= 0.6 is 0 Å². The fourth-order valence-corrected chi connectivity index (χ4v) is 4.01. The summed E-state index contributed by atoms with van der Waals surface area (Å²) in [5, 5.41) is 14.8. The van der Waals surface area contributed by atoms with Crippen LogP contribution in [0.4, 0.5) is 0 Å². The van der Waals surface area contributed by atoms with Gasteiger partial charge in [0.15, 0.2) is 0 Å². The molecule has 8 heteroatoms. The van der Waals surface area contributed by atoms with E-state index in [0.717, 1.165) is 19.3 Å². The SMILES string of the molecule is CCCCCCCCCCCCCC(=O)N[C@@H](Cc1cnc[nH]1)C(=O)N[C@@H](CC(C)C)C(=O)O. The van der Waals surface area contributed by atoms with Gasteiger partial charge in [0.1, 0.15) is 12.1 Å². The number of hydrogen-bond acceptors (Lipinski definition) is 4. The average Bonchev–Trinajstić information content (AvgIpc) is 3.29. The minimum absolute atomic E-state index is 0.114. The van der Waals surface area contributed by atoms with Crippen molar-refractivity contribution < 1.29 is 19.5 Å². The van der Waals surface area contributed by atoms with Crippen molar-refractivity contribution in [2.24, 2.45) is 5.92 Å². The second kappa shape index (κ2) is 18.0. The zero-order valence-corrected chi connectivity index (χ0v) is 21.4. The molecule has 1 aromatic heterocycles. The van der Waals surface area contributed by atoms with Gasteiger partial charge in [-0.3, -0.25) is 9.59 Å². The Balaban J connectivity index is 2.40. The number of nitrogens with one attached hydrogen (secondary N) is 3. The van der Waals surface area contributed by atoms with Gasteiger partial charge in [0.05, 0.1) is 6.33 Å². The lowest BCUT2D eigenvalue weighted by atomic mass is 10.0. The molecule has 1 rings (SSSR count). The van der Waals surface area contributed by atoms with Gasteiger partial charge >= 0.3 is 5.97 Å². The molecule has 1 heterocycles. The van der Waals surface area contributed by atoms with Gasteiger partial charge in [0, 0.05) is 24.7 Å². The first-order valence-electron chi connectivity index (χ1n) is 13.1. The van der Waals surface area contributed by atoms with E-state index in [1.807, 2.05) is 13.8 Å². The van der Waals surface area contributed by atoms with Crippen molar-refractivity contribution >= 4 is 17.8 Å². The quantitative estimate of drug-likeness (QED) is 0.201. The first-order valence-corrected chi connectivity index (χ1v) is 13.1. The monoisotopic (exact) mass is 478 g/mol. The number of unbranched alkanes of at least 4 members (excludes halogenated alkanes) is 10. The Bertz CT molecular complexity index is 691. The molecule has 34 heavy (non-hydrogen) atoms. The number of nitrogens with zero attached hydrogens (tertiary/aromatic N) is 1. The average molecular weight is 479 g/mol. The number of carbonyl (C=O) groups excluding carboxylic acids is 2. The number of aromatic nitrogens is 2. The van der Waals surface area contributed by atoms with Crippen molar-refractivity contribution in [3.63, 3.8) is 0 Å². The minimum Gasteiger partial charge on any atom is -0.480 e. The Morgan fingerprint density at radius 3 is 2.00 bits per heavy atom. The van der Waals surface area contributed by atoms with E-state index in [1.165, 1.54) is 57.7 Å². The molecule has 2 atom stereocenters. The van der Waals surface area contributed by atoms with Crippen LogP contribution in [0.3, 0.4) is 0 Å². The van der Waals surface area contributed by atoms with E-state index in [2.05, 4.69) is 27.5 Å². The number of amides is 2. The number of carbonyl (C=O) groups is 3. The van der Waals surface area contributed by atoms with Crippen LogP contribution in [0, 0.1) is 5.92 Å². The highest BCUT2D eigenvalue weighted by Crippen LogP contribution is 2.12. The first-order chi connectivity index (χ1) is 16.3. The number of rotatable bonds is 20. The fourth-order valence-electron chi connectivity index (χ4n) is 4.01. The van der Waals surface area contributed by atoms with E-state index in [1.54, 1.807) is 6.20 Å². The number of carboxylic acids is 1. The van der Waals surface area contributed by atoms with E-state index in [-0.39, 0.29) is 18.2 Å². The maximum Gasteiger partial charge on any atom is 0.326 e. The highest BCUT2D eigenvalue weighted by Gasteiger charge is 2.27. The second-order valence-corrected chi connectivity index (χ2v) is 9.72. The van der Waals surface area contributed by atoms with E-state index >= 15 is 0 Å². The standard InChI is InChI=1S/C26H46N4O4/c1-4-5-6-7-8-9-10-11-12-13-14-15-24(31)29-22(17-21-18-27-19-28-21)25(32)30-23(26(33)34)16-20(2)3/h18-20,22-23H,4-17H2,1-3H3,(H,27,28)(H,29,31)(H,30,32)(H,33,34)/t22-,23-/m0/s1. The highest BCUT2D eigenvalue weighted by atomic mass is 16.4. The Morgan fingerprint density at radius 2 is 1.50 bits per heavy atom. The van der Waals surface area contributed by atoms with Gasteiger partial charge in [0.2, 0.25) is 11.8 Å². The predicted octanol–water partition coefficient (Wildman–Crippen LogP) is 4.75. The molecule has 0 aliphatic carbocycles. The van der Waals surface area contributed by atoms with Crippen molar-refractivity contribution in [1.29, 1.82) is 0 Å². The molecule has 0 aromatic carbocycles. The number of H-pyrrole nitrogens is 1. The number of aliphatic carboxylic acids is 1. The maximum atomic E-state index is 12.8. The van der Waals surface area contributed by atoms with E-state index in [9.17, 15) is 19.5 Å². The number of aromatic amines is 1. The summed E-state index contributed by atoms with van der Waals surface area (Å²) in [4.78, 5) is 43.8. The van der Waals surface area contributed by atoms with Crippen LogP contribution in [-0.2, 0) is 20.8 Å². The zero-order chi connectivity index (χ0) is 25.2. The molecule has 0 saturated heterocycles. The van der Waals surface area contributed by atoms with Crippen LogP contribution in [0.2, 0.25) is 0 Å². The summed E-state index contributed by atoms with van der Waals surface area (Å²) in [6, 6.07) is -1.84. The second-order valence-electron chi connectivity index (χ2n) is 9.72. The van der Waals surface area contributed by atoms with Gasteiger partial charge in [-0.25, -0.2) is 9.78 Å². The third-order valence-corrected chi connectivity index (χ3v) is 5.96. The van der Waals surface area contributed by atoms with Gasteiger partial charge in [0.25, 0.3) is 0 Å². The van der Waals surface area contributed by atoms with Gasteiger partial charge in [-0.05, 0) is 18.8 Å². The lowest BCUT2D eigenvalue weighted by Crippen LogP contribution is -2.52. The summed E-state index contributed by atoms with van der Waals surface area (Å²) >= 11 is 0. The van der Waals surface area contributed by atoms with Gasteiger partial charge in [-0.2, -0.15) is 0 Å². The van der Waals surface area contributed by atoms with Gasteiger partial charge < -0.3 is 20.7 Å². The molecule has 194 valence electrons. The molecule has 0 spiro atoms. The molecular weight excluding hydrogens is 432 g/mol. The van der Waals surface area contributed by atoms with Gasteiger partial charge in [-0.1, -0.05) is 85.0 Å². The van der Waals surface area contributed by atoms with Crippen LogP contribution < -0.4 is 10.6 Å². The van der Waals surface area contributed by atoms with Crippen LogP contribution in [0.25, 0.3) is 0 Å². The molecule has 0 bridgehead atoms. The normalized spacial score (nSPS) is 12.9. The Kier molecular flexibility index (Phi) is 15.7. The number of imidazole rings is 1. The predicted molar refractivity (Wildman–Crippen MR) is 134 cm³/mol. The highest BCUT2D eigenvalue weighted by molar-refractivity contribution is 5.90. The van der Waals surface area contributed by atoms with Crippen molar-refractivity contribution in [2.75, 3.05) is 0 Å². The van der Waals surface area contributed by atoms with Crippen molar-refractivity contribution in [3.8, 4) is 0 Å². The molecular formula is C26H46N4O4. The van der Waals surface area contributed by atoms with Crippen LogP contribution in [0.15, 0.2) is 12.5 Å². The maximum absolute atomic E-state index is 12.8. The molecule has 0 fully saturated rings. The van der Waals surface area contributed by atoms with Crippen molar-refractivity contribution in [1.82, 2.24) is 20.6 Å². The zero-order valence-electron chi connectivity index (χ0n) is 21.4. The lowest BCUT2D eigenvalue weighted by Gasteiger charge is -2.22. The molecule has 0 aliphatic heterocycles. The topological polar surface area (TPSA) is 124 Å². The number of hydrogen-bond donors (Lipinski definition) is 4. The van der Waals surface area contributed by atoms with Crippen LogP contribution in [-0.4, -0.2) is 44.9 Å². The third kappa shape index (κ3) is 14.0. The molecule has 0 radical (unpaired) electrons. The van der Waals surface area contributed by atoms with E-state index in [0.29, 0.717) is 18.5 Å². The third-order valence-electron chi connectivity index (χ3n) is 5.96. The fraction of sp³-hybridized carbons (Fsp3) is 0.769.